The van der Waals surface area contributed by atoms with Crippen LogP contribution in [0.2, 0.25) is 0 Å². The maximum Gasteiger partial charge on any atom is 0.127 e. The first-order valence-corrected chi connectivity index (χ1v) is 12.0. The third-order valence-corrected chi connectivity index (χ3v) is 6.84. The highest BCUT2D eigenvalue weighted by atomic mass is 16.5. The number of ether oxygens (including phenoxy) is 1. The van der Waals surface area contributed by atoms with Gasteiger partial charge in [0.25, 0.3) is 0 Å². The van der Waals surface area contributed by atoms with Crippen LogP contribution in [0.5, 0.6) is 5.75 Å². The van der Waals surface area contributed by atoms with Crippen molar-refractivity contribution in [3.8, 4) is 16.9 Å². The van der Waals surface area contributed by atoms with Gasteiger partial charge in [-0.15, -0.1) is 0 Å². The molecule has 1 aliphatic carbocycles. The highest BCUT2D eigenvalue weighted by Gasteiger charge is 2.27. The summed E-state index contributed by atoms with van der Waals surface area (Å²) in [5.74, 6) is 2.15. The summed E-state index contributed by atoms with van der Waals surface area (Å²) in [5, 5.41) is 0. The molecule has 0 saturated heterocycles. The Labute approximate surface area is 188 Å². The van der Waals surface area contributed by atoms with E-state index in [9.17, 15) is 0 Å². The lowest BCUT2D eigenvalue weighted by Crippen LogP contribution is -2.21. The first kappa shape index (κ1) is 21.7. The van der Waals surface area contributed by atoms with Crippen LogP contribution >= 0.6 is 0 Å². The van der Waals surface area contributed by atoms with E-state index in [0.29, 0.717) is 11.8 Å². The second-order valence-electron chi connectivity index (χ2n) is 9.56. The van der Waals surface area contributed by atoms with Crippen molar-refractivity contribution in [2.45, 2.75) is 71.8 Å². The van der Waals surface area contributed by atoms with Crippen LogP contribution in [0, 0.1) is 19.8 Å². The Hall–Kier alpha value is -2.54. The summed E-state index contributed by atoms with van der Waals surface area (Å²) in [5.41, 5.74) is 7.87. The van der Waals surface area contributed by atoms with Crippen molar-refractivity contribution < 1.29 is 4.74 Å². The molecule has 0 heterocycles. The van der Waals surface area contributed by atoms with Crippen LogP contribution in [0.1, 0.15) is 80.2 Å². The van der Waals surface area contributed by atoms with Crippen LogP contribution in [-0.2, 0) is 0 Å². The average Bonchev–Trinajstić information content (AvgIpc) is 2.78. The van der Waals surface area contributed by atoms with E-state index in [1.54, 1.807) is 0 Å². The van der Waals surface area contributed by atoms with Crippen molar-refractivity contribution in [3.05, 3.63) is 89.0 Å². The van der Waals surface area contributed by atoms with Crippen LogP contribution in [0.4, 0.5) is 0 Å². The molecule has 3 aromatic carbocycles. The average molecular weight is 413 g/mol. The Bertz CT molecular complexity index is 956. The fourth-order valence-electron chi connectivity index (χ4n) is 5.14. The van der Waals surface area contributed by atoms with Crippen LogP contribution in [0.3, 0.4) is 0 Å². The third kappa shape index (κ3) is 5.03. The molecule has 0 aliphatic heterocycles. The first-order chi connectivity index (χ1) is 15.0. The standard InChI is InChI=1S/C30H36O/c1-21(2)24-15-17-25(18-16-24)29-22(3)19-28(20-23(29)4)31-30(26-11-7-5-8-12-26)27-13-9-6-10-14-27/h5,7-8,11-12,15-21,27,30H,6,9-10,13-14H2,1-4H3. The van der Waals surface area contributed by atoms with Crippen molar-refractivity contribution in [3.63, 3.8) is 0 Å². The Morgan fingerprint density at radius 2 is 1.35 bits per heavy atom. The van der Waals surface area contributed by atoms with Gasteiger partial charge in [0.1, 0.15) is 11.9 Å². The van der Waals surface area contributed by atoms with Gasteiger partial charge in [-0.25, -0.2) is 0 Å². The molecule has 0 bridgehead atoms. The Balaban J connectivity index is 1.63. The van der Waals surface area contributed by atoms with Crippen molar-refractivity contribution in [1.29, 1.82) is 0 Å². The predicted molar refractivity (Wildman–Crippen MR) is 132 cm³/mol. The second-order valence-corrected chi connectivity index (χ2v) is 9.56. The third-order valence-electron chi connectivity index (χ3n) is 6.84. The van der Waals surface area contributed by atoms with Gasteiger partial charge in [0, 0.05) is 5.92 Å². The molecule has 0 N–H and O–H groups in total. The molecular formula is C30H36O. The highest BCUT2D eigenvalue weighted by molar-refractivity contribution is 5.72. The lowest BCUT2D eigenvalue weighted by atomic mass is 9.82. The Kier molecular flexibility index (Phi) is 6.80. The van der Waals surface area contributed by atoms with Gasteiger partial charge in [0.2, 0.25) is 0 Å². The number of hydrogen-bond donors (Lipinski definition) is 0. The summed E-state index contributed by atoms with van der Waals surface area (Å²) < 4.78 is 6.74. The number of rotatable bonds is 6. The summed E-state index contributed by atoms with van der Waals surface area (Å²) in [7, 11) is 0. The van der Waals surface area contributed by atoms with Gasteiger partial charge >= 0.3 is 0 Å². The minimum absolute atomic E-state index is 0.136. The molecule has 0 aromatic heterocycles. The molecule has 4 rings (SSSR count). The van der Waals surface area contributed by atoms with Gasteiger partial charge in [-0.3, -0.25) is 0 Å². The van der Waals surface area contributed by atoms with E-state index in [0.717, 1.165) is 5.75 Å². The first-order valence-electron chi connectivity index (χ1n) is 12.0. The summed E-state index contributed by atoms with van der Waals surface area (Å²) in [6.45, 7) is 8.91. The van der Waals surface area contributed by atoms with Gasteiger partial charge in [-0.05, 0) is 78.1 Å². The SMILES string of the molecule is Cc1cc(OC(c2ccccc2)C2CCCCC2)cc(C)c1-c1ccc(C(C)C)cc1. The largest absolute Gasteiger partial charge is 0.485 e. The lowest BCUT2D eigenvalue weighted by Gasteiger charge is -2.31. The molecule has 1 aliphatic rings. The molecule has 1 heteroatoms. The second kappa shape index (κ2) is 9.73. The molecule has 1 unspecified atom stereocenters. The fraction of sp³-hybridized carbons (Fsp3) is 0.400. The zero-order valence-electron chi connectivity index (χ0n) is 19.5. The molecule has 3 aromatic rings. The highest BCUT2D eigenvalue weighted by Crippen LogP contribution is 2.39. The van der Waals surface area contributed by atoms with Gasteiger partial charge < -0.3 is 4.74 Å². The number of benzene rings is 3. The predicted octanol–water partition coefficient (Wildman–Crippen LogP) is 8.79. The van der Waals surface area contributed by atoms with Crippen LogP contribution in [-0.4, -0.2) is 0 Å². The monoisotopic (exact) mass is 412 g/mol. The van der Waals surface area contributed by atoms with Gasteiger partial charge in [0.05, 0.1) is 0 Å². The van der Waals surface area contributed by atoms with E-state index in [4.69, 9.17) is 4.74 Å². The molecule has 0 amide bonds. The van der Waals surface area contributed by atoms with Crippen LogP contribution < -0.4 is 4.74 Å². The van der Waals surface area contributed by atoms with E-state index in [1.165, 1.54) is 65.5 Å². The maximum atomic E-state index is 6.74. The molecule has 162 valence electrons. The summed E-state index contributed by atoms with van der Waals surface area (Å²) in [4.78, 5) is 0. The van der Waals surface area contributed by atoms with Crippen LogP contribution in [0.15, 0.2) is 66.7 Å². The Morgan fingerprint density at radius 3 is 1.94 bits per heavy atom. The van der Waals surface area contributed by atoms with Crippen molar-refractivity contribution >= 4 is 0 Å². The summed E-state index contributed by atoms with van der Waals surface area (Å²) >= 11 is 0. The molecule has 31 heavy (non-hydrogen) atoms. The van der Waals surface area contributed by atoms with Gasteiger partial charge in [0.15, 0.2) is 0 Å². The van der Waals surface area contributed by atoms with Crippen molar-refractivity contribution in [2.75, 3.05) is 0 Å². The van der Waals surface area contributed by atoms with Crippen molar-refractivity contribution in [2.24, 2.45) is 5.92 Å². The summed E-state index contributed by atoms with van der Waals surface area (Å²) in [6.07, 6.45) is 6.66. The zero-order valence-corrected chi connectivity index (χ0v) is 19.5. The molecular weight excluding hydrogens is 376 g/mol. The molecule has 1 atom stereocenters. The van der Waals surface area contributed by atoms with E-state index >= 15 is 0 Å². The van der Waals surface area contributed by atoms with Gasteiger partial charge in [-0.2, -0.15) is 0 Å². The normalized spacial score (nSPS) is 15.8. The molecule has 1 saturated carbocycles. The number of aryl methyl sites for hydroxylation is 2. The van der Waals surface area contributed by atoms with Crippen LogP contribution in [0.25, 0.3) is 11.1 Å². The lowest BCUT2D eigenvalue weighted by molar-refractivity contribution is 0.108. The molecule has 0 radical (unpaired) electrons. The van der Waals surface area contributed by atoms with E-state index in [1.807, 2.05) is 0 Å². The topological polar surface area (TPSA) is 9.23 Å². The minimum Gasteiger partial charge on any atom is -0.485 e. The Morgan fingerprint density at radius 1 is 0.742 bits per heavy atom. The molecule has 1 fully saturated rings. The minimum atomic E-state index is 0.136. The maximum absolute atomic E-state index is 6.74. The van der Waals surface area contributed by atoms with E-state index in [-0.39, 0.29) is 6.10 Å². The van der Waals surface area contributed by atoms with E-state index < -0.39 is 0 Å². The number of hydrogen-bond acceptors (Lipinski definition) is 1. The quantitative estimate of drug-likeness (QED) is 0.393. The van der Waals surface area contributed by atoms with Crippen molar-refractivity contribution in [1.82, 2.24) is 0 Å². The molecule has 1 nitrogen and oxygen atoms in total. The van der Waals surface area contributed by atoms with E-state index in [2.05, 4.69) is 94.4 Å². The van der Waals surface area contributed by atoms with Gasteiger partial charge in [-0.1, -0.05) is 87.7 Å². The molecule has 0 spiro atoms. The smallest absolute Gasteiger partial charge is 0.127 e. The summed E-state index contributed by atoms with van der Waals surface area (Å²) in [6, 6.07) is 24.3. The fourth-order valence-corrected chi connectivity index (χ4v) is 5.14. The zero-order chi connectivity index (χ0) is 21.8.